The average Bonchev–Trinajstić information content (AvgIpc) is 2.91. The van der Waals surface area contributed by atoms with E-state index in [0.29, 0.717) is 40.9 Å². The van der Waals surface area contributed by atoms with E-state index in [1.807, 2.05) is 32.0 Å². The van der Waals surface area contributed by atoms with Crippen molar-refractivity contribution in [3.05, 3.63) is 77.4 Å². The van der Waals surface area contributed by atoms with Crippen molar-refractivity contribution >= 4 is 23.7 Å². The number of hydrogen-bond acceptors (Lipinski definition) is 7. The fourth-order valence-electron chi connectivity index (χ4n) is 3.54. The summed E-state index contributed by atoms with van der Waals surface area (Å²) in [6, 6.07) is 18.1. The van der Waals surface area contributed by atoms with Gasteiger partial charge in [0.25, 0.3) is 11.8 Å². The van der Waals surface area contributed by atoms with Crippen molar-refractivity contribution in [2.45, 2.75) is 27.2 Å². The molecule has 0 aliphatic heterocycles. The lowest BCUT2D eigenvalue weighted by atomic mass is 10.1. The summed E-state index contributed by atoms with van der Waals surface area (Å²) in [5.41, 5.74) is 5.90. The number of carbonyl (C=O) groups excluding carboxylic acids is 2. The minimum atomic E-state index is -0.383. The van der Waals surface area contributed by atoms with Crippen LogP contribution in [0.2, 0.25) is 0 Å². The van der Waals surface area contributed by atoms with Crippen molar-refractivity contribution in [3.63, 3.8) is 0 Å². The number of benzene rings is 3. The average molecular weight is 520 g/mol. The van der Waals surface area contributed by atoms with Crippen LogP contribution in [0.3, 0.4) is 0 Å². The van der Waals surface area contributed by atoms with Gasteiger partial charge in [0.05, 0.1) is 25.6 Å². The van der Waals surface area contributed by atoms with Gasteiger partial charge < -0.3 is 24.3 Å². The highest BCUT2D eigenvalue weighted by Crippen LogP contribution is 2.28. The summed E-state index contributed by atoms with van der Waals surface area (Å²) >= 11 is 0. The van der Waals surface area contributed by atoms with E-state index in [-0.39, 0.29) is 25.0 Å². The maximum absolute atomic E-state index is 12.4. The molecule has 0 spiro atoms. The minimum absolute atomic E-state index is 0.155. The molecule has 0 fully saturated rings. The highest BCUT2D eigenvalue weighted by molar-refractivity contribution is 5.93. The van der Waals surface area contributed by atoms with Crippen LogP contribution in [-0.2, 0) is 16.0 Å². The lowest BCUT2D eigenvalue weighted by Gasteiger charge is -2.13. The highest BCUT2D eigenvalue weighted by atomic mass is 16.5. The van der Waals surface area contributed by atoms with Gasteiger partial charge in [-0.3, -0.25) is 9.59 Å². The molecule has 0 radical (unpaired) electrons. The van der Waals surface area contributed by atoms with Crippen LogP contribution in [0.5, 0.6) is 23.0 Å². The van der Waals surface area contributed by atoms with E-state index in [9.17, 15) is 9.59 Å². The zero-order chi connectivity index (χ0) is 27.3. The number of rotatable bonds is 13. The van der Waals surface area contributed by atoms with Crippen LogP contribution in [0, 0.1) is 6.92 Å². The molecule has 0 saturated carbocycles. The van der Waals surface area contributed by atoms with Crippen LogP contribution in [0.25, 0.3) is 0 Å². The van der Waals surface area contributed by atoms with Crippen molar-refractivity contribution in [1.82, 2.24) is 5.43 Å². The molecule has 9 heteroatoms. The zero-order valence-corrected chi connectivity index (χ0v) is 22.1. The minimum Gasteiger partial charge on any atom is -0.495 e. The molecule has 2 N–H and O–H groups in total. The first-order chi connectivity index (χ1) is 18.4. The number of carbonyl (C=O) groups is 2. The van der Waals surface area contributed by atoms with Crippen LogP contribution >= 0.6 is 0 Å². The first kappa shape index (κ1) is 28.0. The van der Waals surface area contributed by atoms with Crippen molar-refractivity contribution in [2.24, 2.45) is 5.10 Å². The molecule has 0 bridgehead atoms. The summed E-state index contributed by atoms with van der Waals surface area (Å²) in [6.45, 7) is 5.92. The van der Waals surface area contributed by atoms with Gasteiger partial charge in [0.1, 0.15) is 11.5 Å². The Labute approximate surface area is 222 Å². The fraction of sp³-hybridized carbons (Fsp3) is 0.276. The van der Waals surface area contributed by atoms with Crippen LogP contribution in [0.4, 0.5) is 5.69 Å². The first-order valence-corrected chi connectivity index (χ1v) is 12.3. The second-order valence-corrected chi connectivity index (χ2v) is 8.27. The fourth-order valence-corrected chi connectivity index (χ4v) is 3.54. The molecule has 200 valence electrons. The Morgan fingerprint density at radius 1 is 0.868 bits per heavy atom. The topological polar surface area (TPSA) is 107 Å². The SMILES string of the molecule is CCOc1cc(/C=N/NC(=O)COc2cc(C)cc(CC)c2)ccc1OCC(=O)Nc1ccccc1OC. The smallest absolute Gasteiger partial charge is 0.277 e. The van der Waals surface area contributed by atoms with Gasteiger partial charge in [-0.2, -0.15) is 5.10 Å². The van der Waals surface area contributed by atoms with Gasteiger partial charge >= 0.3 is 0 Å². The van der Waals surface area contributed by atoms with E-state index in [1.54, 1.807) is 36.4 Å². The Balaban J connectivity index is 1.53. The summed E-state index contributed by atoms with van der Waals surface area (Å²) in [6.07, 6.45) is 2.37. The second-order valence-electron chi connectivity index (χ2n) is 8.27. The van der Waals surface area contributed by atoms with Crippen molar-refractivity contribution in [3.8, 4) is 23.0 Å². The number of para-hydroxylation sites is 2. The van der Waals surface area contributed by atoms with Gasteiger partial charge in [-0.1, -0.05) is 25.1 Å². The number of anilines is 1. The highest BCUT2D eigenvalue weighted by Gasteiger charge is 2.11. The number of hydrogen-bond donors (Lipinski definition) is 2. The third-order valence-electron chi connectivity index (χ3n) is 5.30. The molecule has 0 aromatic heterocycles. The molecule has 0 saturated heterocycles. The maximum atomic E-state index is 12.4. The number of methoxy groups -OCH3 is 1. The Morgan fingerprint density at radius 2 is 1.66 bits per heavy atom. The first-order valence-electron chi connectivity index (χ1n) is 12.3. The van der Waals surface area contributed by atoms with Gasteiger partial charge in [0.15, 0.2) is 24.7 Å². The summed E-state index contributed by atoms with van der Waals surface area (Å²) in [7, 11) is 1.53. The molecule has 3 aromatic rings. The molecule has 0 atom stereocenters. The lowest BCUT2D eigenvalue weighted by molar-refractivity contribution is -0.123. The number of amides is 2. The Kier molecular flexibility index (Phi) is 10.5. The van der Waals surface area contributed by atoms with Gasteiger partial charge in [-0.25, -0.2) is 5.43 Å². The molecule has 0 unspecified atom stereocenters. The normalized spacial score (nSPS) is 10.6. The standard InChI is InChI=1S/C29H33N3O6/c1-5-21-13-20(3)14-23(15-21)37-19-29(34)32-30-17-22-11-12-26(27(16-22)36-6-2)38-18-28(33)31-24-9-7-8-10-25(24)35-4/h7-17H,5-6,18-19H2,1-4H3,(H,31,33)(H,32,34)/b30-17+. The second kappa shape index (κ2) is 14.3. The number of hydrazone groups is 1. The van der Waals surface area contributed by atoms with Gasteiger partial charge in [0, 0.05) is 0 Å². The molecular formula is C29H33N3O6. The molecule has 38 heavy (non-hydrogen) atoms. The molecule has 0 aliphatic carbocycles. The van der Waals surface area contributed by atoms with Crippen LogP contribution in [0.1, 0.15) is 30.5 Å². The molecular weight excluding hydrogens is 486 g/mol. The zero-order valence-electron chi connectivity index (χ0n) is 22.1. The third kappa shape index (κ3) is 8.55. The van der Waals surface area contributed by atoms with Crippen molar-refractivity contribution in [1.29, 1.82) is 0 Å². The van der Waals surface area contributed by atoms with Crippen LogP contribution < -0.4 is 29.7 Å². The van der Waals surface area contributed by atoms with E-state index in [4.69, 9.17) is 18.9 Å². The summed E-state index contributed by atoms with van der Waals surface area (Å²) in [4.78, 5) is 24.5. The molecule has 0 heterocycles. The third-order valence-corrected chi connectivity index (χ3v) is 5.30. The molecule has 3 aromatic carbocycles. The summed E-state index contributed by atoms with van der Waals surface area (Å²) in [5, 5.41) is 6.76. The largest absolute Gasteiger partial charge is 0.495 e. The molecule has 2 amide bonds. The van der Waals surface area contributed by atoms with Gasteiger partial charge in [-0.05, 0) is 79.4 Å². The number of nitrogens with one attached hydrogen (secondary N) is 2. The van der Waals surface area contributed by atoms with Gasteiger partial charge in [-0.15, -0.1) is 0 Å². The van der Waals surface area contributed by atoms with Crippen molar-refractivity contribution < 1.29 is 28.5 Å². The Morgan fingerprint density at radius 3 is 2.42 bits per heavy atom. The van der Waals surface area contributed by atoms with Crippen molar-refractivity contribution in [2.75, 3.05) is 32.2 Å². The summed E-state index contributed by atoms with van der Waals surface area (Å²) in [5.74, 6) is 1.33. The predicted octanol–water partition coefficient (Wildman–Crippen LogP) is 4.51. The number of aryl methyl sites for hydroxylation is 2. The quantitative estimate of drug-likeness (QED) is 0.254. The molecule has 9 nitrogen and oxygen atoms in total. The van der Waals surface area contributed by atoms with E-state index < -0.39 is 0 Å². The summed E-state index contributed by atoms with van der Waals surface area (Å²) < 4.78 is 22.2. The molecule has 0 aliphatic rings. The predicted molar refractivity (Wildman–Crippen MR) is 147 cm³/mol. The van der Waals surface area contributed by atoms with Crippen LogP contribution in [0.15, 0.2) is 65.8 Å². The van der Waals surface area contributed by atoms with Gasteiger partial charge in [0.2, 0.25) is 0 Å². The lowest BCUT2D eigenvalue weighted by Crippen LogP contribution is -2.24. The number of ether oxygens (including phenoxy) is 4. The van der Waals surface area contributed by atoms with E-state index in [0.717, 1.165) is 17.5 Å². The Bertz CT molecular complexity index is 1270. The van der Waals surface area contributed by atoms with Crippen LogP contribution in [-0.4, -0.2) is 45.0 Å². The number of nitrogens with zero attached hydrogens (tertiary/aromatic N) is 1. The van der Waals surface area contributed by atoms with E-state index in [1.165, 1.54) is 13.3 Å². The van der Waals surface area contributed by atoms with E-state index >= 15 is 0 Å². The van der Waals surface area contributed by atoms with E-state index in [2.05, 4.69) is 28.8 Å². The maximum Gasteiger partial charge on any atom is 0.277 e. The monoisotopic (exact) mass is 519 g/mol. The Hall–Kier alpha value is -4.53. The molecule has 3 rings (SSSR count).